The van der Waals surface area contributed by atoms with E-state index in [9.17, 15) is 4.79 Å². The van der Waals surface area contributed by atoms with E-state index in [1.807, 2.05) is 42.5 Å². The van der Waals surface area contributed by atoms with Gasteiger partial charge in [0.1, 0.15) is 25.1 Å². The summed E-state index contributed by atoms with van der Waals surface area (Å²) in [5.74, 6) is 3.87. The van der Waals surface area contributed by atoms with Crippen molar-refractivity contribution in [1.29, 1.82) is 0 Å². The van der Waals surface area contributed by atoms with Gasteiger partial charge in [0.2, 0.25) is 5.75 Å². The smallest absolute Gasteiger partial charge is 0.255 e. The summed E-state index contributed by atoms with van der Waals surface area (Å²) in [6.45, 7) is 0.442. The minimum atomic E-state index is -0.416. The lowest BCUT2D eigenvalue weighted by Crippen LogP contribution is -2.38. The molecule has 48 heavy (non-hydrogen) atoms. The summed E-state index contributed by atoms with van der Waals surface area (Å²) in [6, 6.07) is 23.8. The fourth-order valence-electron chi connectivity index (χ4n) is 5.46. The van der Waals surface area contributed by atoms with Gasteiger partial charge >= 0.3 is 0 Å². The Morgan fingerprint density at radius 2 is 1.33 bits per heavy atom. The van der Waals surface area contributed by atoms with Gasteiger partial charge in [-0.1, -0.05) is 29.4 Å². The summed E-state index contributed by atoms with van der Waals surface area (Å²) in [6.07, 6.45) is -0.416. The topological polar surface area (TPSA) is 132 Å². The molecule has 0 bridgehead atoms. The minimum Gasteiger partial charge on any atom is -0.493 e. The van der Waals surface area contributed by atoms with Crippen LogP contribution in [0.3, 0.4) is 0 Å². The quantitative estimate of drug-likeness (QED) is 0.138. The number of rotatable bonds is 13. The number of hydrogen-bond donors (Lipinski definition) is 2. The number of benzene rings is 4. The van der Waals surface area contributed by atoms with Crippen LogP contribution in [0.1, 0.15) is 22.1 Å². The van der Waals surface area contributed by atoms with E-state index in [1.54, 1.807) is 71.9 Å². The first-order valence-electron chi connectivity index (χ1n) is 15.0. The van der Waals surface area contributed by atoms with Crippen molar-refractivity contribution < 1.29 is 42.5 Å². The van der Waals surface area contributed by atoms with Crippen LogP contribution >= 0.6 is 0 Å². The van der Waals surface area contributed by atoms with Gasteiger partial charge in [0.05, 0.1) is 46.7 Å². The van der Waals surface area contributed by atoms with Crippen molar-refractivity contribution in [2.24, 2.45) is 0 Å². The van der Waals surface area contributed by atoms with E-state index in [-0.39, 0.29) is 19.1 Å². The zero-order chi connectivity index (χ0) is 33.6. The Bertz CT molecular complexity index is 1900. The van der Waals surface area contributed by atoms with Crippen molar-refractivity contribution in [3.05, 3.63) is 90.0 Å². The van der Waals surface area contributed by atoms with Crippen LogP contribution in [-0.2, 0) is 0 Å². The lowest BCUT2D eigenvalue weighted by atomic mass is 10.1. The third-order valence-corrected chi connectivity index (χ3v) is 7.79. The predicted molar refractivity (Wildman–Crippen MR) is 178 cm³/mol. The van der Waals surface area contributed by atoms with Gasteiger partial charge < -0.3 is 48.3 Å². The molecule has 0 saturated heterocycles. The number of para-hydroxylation sites is 2. The van der Waals surface area contributed by atoms with Crippen molar-refractivity contribution in [3.8, 4) is 62.8 Å². The molecule has 1 aliphatic heterocycles. The van der Waals surface area contributed by atoms with E-state index >= 15 is 0 Å². The Kier molecular flexibility index (Phi) is 9.42. The van der Waals surface area contributed by atoms with Crippen LogP contribution in [0.15, 0.2) is 83.4 Å². The maximum Gasteiger partial charge on any atom is 0.255 e. The summed E-state index contributed by atoms with van der Waals surface area (Å²) >= 11 is 0. The van der Waals surface area contributed by atoms with Gasteiger partial charge in [0, 0.05) is 17.3 Å². The first-order chi connectivity index (χ1) is 23.5. The van der Waals surface area contributed by atoms with Crippen molar-refractivity contribution in [2.45, 2.75) is 6.17 Å². The highest BCUT2D eigenvalue weighted by Crippen LogP contribution is 2.43. The normalized spacial score (nSPS) is 13.4. The average Bonchev–Trinajstić information content (AvgIpc) is 3.63. The standard InChI is InChI=1S/C36H35N3O9/c1-41-30-17-21(35-37-25-11-7-6-9-23(25)36(40)38-35)13-14-27(30)46-15-16-47-28-12-8-10-24(33(28)44-4)29-20-26(39-48-29)22-18-31(42-2)34(45-5)32(19-22)43-3/h6-14,17-20,35,37H,15-16H2,1-5H3,(H,38,40). The van der Waals surface area contributed by atoms with E-state index < -0.39 is 6.17 Å². The van der Waals surface area contributed by atoms with Gasteiger partial charge in [0.25, 0.3) is 5.91 Å². The Labute approximate surface area is 277 Å². The van der Waals surface area contributed by atoms with Gasteiger partial charge in [-0.15, -0.1) is 0 Å². The highest BCUT2D eigenvalue weighted by molar-refractivity contribution is 6.01. The van der Waals surface area contributed by atoms with E-state index in [4.69, 9.17) is 37.7 Å². The van der Waals surface area contributed by atoms with Crippen molar-refractivity contribution in [3.63, 3.8) is 0 Å². The molecule has 0 spiro atoms. The zero-order valence-electron chi connectivity index (χ0n) is 27.1. The summed E-state index contributed by atoms with van der Waals surface area (Å²) in [4.78, 5) is 12.6. The van der Waals surface area contributed by atoms with Crippen LogP contribution in [0.2, 0.25) is 0 Å². The highest BCUT2D eigenvalue weighted by Gasteiger charge is 2.25. The predicted octanol–water partition coefficient (Wildman–Crippen LogP) is 6.36. The SMILES string of the molecule is COc1cc(C2NC(=O)c3ccccc3N2)ccc1OCCOc1cccc(-c2cc(-c3cc(OC)c(OC)c(OC)c3)no2)c1OC. The van der Waals surface area contributed by atoms with E-state index in [1.165, 1.54) is 0 Å². The lowest BCUT2D eigenvalue weighted by molar-refractivity contribution is 0.0935. The van der Waals surface area contributed by atoms with Crippen LogP contribution in [0.5, 0.6) is 40.2 Å². The van der Waals surface area contributed by atoms with Crippen molar-refractivity contribution in [1.82, 2.24) is 10.5 Å². The van der Waals surface area contributed by atoms with E-state index in [0.29, 0.717) is 62.8 Å². The minimum absolute atomic E-state index is 0.146. The number of ether oxygens (including phenoxy) is 7. The van der Waals surface area contributed by atoms with Crippen LogP contribution in [0.4, 0.5) is 5.69 Å². The molecule has 1 aromatic heterocycles. The average molecular weight is 654 g/mol. The number of methoxy groups -OCH3 is 5. The molecule has 0 fully saturated rings. The molecule has 1 atom stereocenters. The molecule has 12 heteroatoms. The summed E-state index contributed by atoms with van der Waals surface area (Å²) < 4.78 is 45.5. The van der Waals surface area contributed by atoms with Crippen molar-refractivity contribution in [2.75, 3.05) is 54.1 Å². The third-order valence-electron chi connectivity index (χ3n) is 7.79. The molecule has 1 unspecified atom stereocenters. The second-order valence-electron chi connectivity index (χ2n) is 10.5. The number of hydrogen-bond acceptors (Lipinski definition) is 11. The summed E-state index contributed by atoms with van der Waals surface area (Å²) in [7, 11) is 7.79. The molecule has 248 valence electrons. The van der Waals surface area contributed by atoms with Gasteiger partial charge in [-0.25, -0.2) is 0 Å². The first-order valence-corrected chi connectivity index (χ1v) is 15.0. The van der Waals surface area contributed by atoms with Gasteiger partial charge in [-0.2, -0.15) is 0 Å². The molecule has 1 amide bonds. The number of anilines is 1. The van der Waals surface area contributed by atoms with Gasteiger partial charge in [-0.05, 0) is 54.1 Å². The molecule has 2 N–H and O–H groups in total. The van der Waals surface area contributed by atoms with Crippen LogP contribution < -0.4 is 43.8 Å². The third kappa shape index (κ3) is 6.32. The number of nitrogens with zero attached hydrogens (tertiary/aromatic N) is 1. The molecular formula is C36H35N3O9. The molecular weight excluding hydrogens is 618 g/mol. The van der Waals surface area contributed by atoms with Crippen molar-refractivity contribution >= 4 is 11.6 Å². The summed E-state index contributed by atoms with van der Waals surface area (Å²) in [5, 5.41) is 10.6. The number of amides is 1. The number of nitrogens with one attached hydrogen (secondary N) is 2. The number of carbonyl (C=O) groups excluding carboxylic acids is 1. The number of fused-ring (bicyclic) bond motifs is 1. The second-order valence-corrected chi connectivity index (χ2v) is 10.5. The fraction of sp³-hybridized carbons (Fsp3) is 0.222. The fourth-order valence-corrected chi connectivity index (χ4v) is 5.46. The lowest BCUT2D eigenvalue weighted by Gasteiger charge is -2.28. The molecule has 1 aliphatic rings. The van der Waals surface area contributed by atoms with Crippen LogP contribution in [0, 0.1) is 0 Å². The Hall–Kier alpha value is -6.04. The molecule has 2 heterocycles. The Morgan fingerprint density at radius 1 is 0.646 bits per heavy atom. The zero-order valence-corrected chi connectivity index (χ0v) is 27.1. The maximum atomic E-state index is 12.6. The first kappa shape index (κ1) is 31.9. The maximum absolute atomic E-state index is 12.6. The van der Waals surface area contributed by atoms with Gasteiger partial charge in [0.15, 0.2) is 40.3 Å². The highest BCUT2D eigenvalue weighted by atomic mass is 16.6. The van der Waals surface area contributed by atoms with Crippen LogP contribution in [0.25, 0.3) is 22.6 Å². The molecule has 5 aromatic rings. The molecule has 0 radical (unpaired) electrons. The molecule has 0 saturated carbocycles. The molecule has 4 aromatic carbocycles. The number of carbonyl (C=O) groups is 1. The molecule has 0 aliphatic carbocycles. The van der Waals surface area contributed by atoms with E-state index in [0.717, 1.165) is 16.8 Å². The Morgan fingerprint density at radius 3 is 2.04 bits per heavy atom. The summed E-state index contributed by atoms with van der Waals surface area (Å²) in [5.41, 5.74) is 4.13. The van der Waals surface area contributed by atoms with E-state index in [2.05, 4.69) is 15.8 Å². The van der Waals surface area contributed by atoms with Crippen LogP contribution in [-0.4, -0.2) is 59.8 Å². The second kappa shape index (κ2) is 14.2. The van der Waals surface area contributed by atoms with Gasteiger partial charge in [-0.3, -0.25) is 4.79 Å². The number of aromatic nitrogens is 1. The molecule has 6 rings (SSSR count). The monoisotopic (exact) mass is 653 g/mol. The Balaban J connectivity index is 1.12. The largest absolute Gasteiger partial charge is 0.493 e. The molecule has 12 nitrogen and oxygen atoms in total.